The second kappa shape index (κ2) is 10.3. The average Bonchev–Trinajstić information content (AvgIpc) is 2.77. The normalized spacial score (nSPS) is 10.8. The number of rotatable bonds is 7. The molecule has 2 nitrogen and oxygen atoms in total. The molecule has 4 heteroatoms. The summed E-state index contributed by atoms with van der Waals surface area (Å²) >= 11 is 5.08. The fourth-order valence-corrected chi connectivity index (χ4v) is 4.46. The first-order chi connectivity index (χ1) is 15.1. The zero-order valence-electron chi connectivity index (χ0n) is 17.2. The van der Waals surface area contributed by atoms with Crippen LogP contribution in [0.15, 0.2) is 97.1 Å². The van der Waals surface area contributed by atoms with Crippen molar-refractivity contribution >= 4 is 42.4 Å². The van der Waals surface area contributed by atoms with E-state index in [-0.39, 0.29) is 0 Å². The molecule has 0 unspecified atom stereocenters. The topological polar surface area (TPSA) is 18.5 Å². The molecule has 4 radical (unpaired) electrons. The quantitative estimate of drug-likeness (QED) is 0.299. The molecule has 0 fully saturated rings. The van der Waals surface area contributed by atoms with E-state index in [0.717, 1.165) is 38.1 Å². The second-order valence-corrected chi connectivity index (χ2v) is 9.46. The van der Waals surface area contributed by atoms with Crippen molar-refractivity contribution < 1.29 is 9.47 Å². The molecule has 0 saturated carbocycles. The predicted octanol–water partition coefficient (Wildman–Crippen LogP) is 5.40. The van der Waals surface area contributed by atoms with E-state index in [1.54, 1.807) is 0 Å². The zero-order chi connectivity index (χ0) is 21.6. The van der Waals surface area contributed by atoms with E-state index in [9.17, 15) is 0 Å². The number of benzene rings is 4. The average molecular weight is 528 g/mol. The van der Waals surface area contributed by atoms with Gasteiger partial charge in [-0.1, -0.05) is 0 Å². The van der Waals surface area contributed by atoms with E-state index in [4.69, 9.17) is 9.47 Å². The molecule has 0 saturated heterocycles. The van der Waals surface area contributed by atoms with Crippen molar-refractivity contribution in [2.45, 2.75) is 19.3 Å². The Balaban J connectivity index is 1.46. The van der Waals surface area contributed by atoms with Crippen LogP contribution in [-0.4, -0.2) is 33.7 Å². The van der Waals surface area contributed by atoms with E-state index in [0.29, 0.717) is 5.92 Å². The molecule has 0 atom stereocenters. The third-order valence-corrected chi connectivity index (χ3v) is 6.25. The molecule has 4 rings (SSSR count). The molecule has 152 valence electrons. The van der Waals surface area contributed by atoms with E-state index in [2.05, 4.69) is 64.9 Å². The van der Waals surface area contributed by atoms with Crippen LogP contribution in [0.1, 0.15) is 30.4 Å². The Hall–Kier alpha value is -2.40. The van der Waals surface area contributed by atoms with Gasteiger partial charge in [0.1, 0.15) is 0 Å². The zero-order valence-corrected chi connectivity index (χ0v) is 21.0. The van der Waals surface area contributed by atoms with Crippen LogP contribution in [-0.2, 0) is 0 Å². The first-order valence-corrected chi connectivity index (χ1v) is 12.1. The van der Waals surface area contributed by atoms with Gasteiger partial charge in [0, 0.05) is 0 Å². The van der Waals surface area contributed by atoms with Gasteiger partial charge in [-0.2, -0.15) is 0 Å². The van der Waals surface area contributed by atoms with Gasteiger partial charge in [0.2, 0.25) is 0 Å². The summed E-state index contributed by atoms with van der Waals surface area (Å²) in [6, 6.07) is 32.9. The molecular weight excluding hydrogens is 506 g/mol. The van der Waals surface area contributed by atoms with Gasteiger partial charge in [-0.05, 0) is 0 Å². The molecular formula is C27H22As2O2. The van der Waals surface area contributed by atoms with Crippen molar-refractivity contribution in [3.05, 3.63) is 108 Å². The molecule has 0 aromatic heterocycles. The summed E-state index contributed by atoms with van der Waals surface area (Å²) in [6.45, 7) is 2.22. The van der Waals surface area contributed by atoms with Gasteiger partial charge in [-0.25, -0.2) is 0 Å². The maximum absolute atomic E-state index is 5.99. The standard InChI is InChI=1S/C27H22As2O2/c1-2-27(19-9-13-23(14-10-19)30-25-7-3-5-21(28)17-25)20-11-15-24(16-12-20)31-26-8-4-6-22(29)18-26/h3-18,27H,2H2,1H3. The Morgan fingerprint density at radius 2 is 1.00 bits per heavy atom. The predicted molar refractivity (Wildman–Crippen MR) is 129 cm³/mol. The Morgan fingerprint density at radius 3 is 1.35 bits per heavy atom. The van der Waals surface area contributed by atoms with Gasteiger partial charge in [0.05, 0.1) is 0 Å². The molecule has 0 aliphatic carbocycles. The molecule has 31 heavy (non-hydrogen) atoms. The van der Waals surface area contributed by atoms with Crippen LogP contribution < -0.4 is 18.2 Å². The van der Waals surface area contributed by atoms with Crippen LogP contribution in [0.3, 0.4) is 0 Å². The molecule has 0 bridgehead atoms. The van der Waals surface area contributed by atoms with Crippen molar-refractivity contribution in [3.63, 3.8) is 0 Å². The second-order valence-electron chi connectivity index (χ2n) is 7.30. The SMILES string of the molecule is CCC(c1ccc(Oc2cccc([As])c2)cc1)c1ccc(Oc2cccc([As])c2)cc1. The number of hydrogen-bond donors (Lipinski definition) is 0. The maximum atomic E-state index is 5.99. The van der Waals surface area contributed by atoms with Crippen LogP contribution >= 0.6 is 0 Å². The third kappa shape index (κ3) is 5.85. The van der Waals surface area contributed by atoms with Crippen molar-refractivity contribution in [1.82, 2.24) is 0 Å². The van der Waals surface area contributed by atoms with E-state index in [1.807, 2.05) is 72.8 Å². The summed E-state index contributed by atoms with van der Waals surface area (Å²) in [4.78, 5) is 0. The van der Waals surface area contributed by atoms with E-state index in [1.165, 1.54) is 11.1 Å². The minimum atomic E-state index is 0.329. The Morgan fingerprint density at radius 1 is 0.581 bits per heavy atom. The molecule has 4 aromatic rings. The fraction of sp³-hybridized carbons (Fsp3) is 0.111. The minimum absolute atomic E-state index is 0.329. The Labute approximate surface area is 201 Å². The van der Waals surface area contributed by atoms with Crippen molar-refractivity contribution in [3.8, 4) is 23.0 Å². The number of ether oxygens (including phenoxy) is 2. The molecule has 0 N–H and O–H groups in total. The first-order valence-electron chi connectivity index (χ1n) is 10.2. The fourth-order valence-electron chi connectivity index (χ4n) is 3.57. The molecule has 0 aliphatic rings. The van der Waals surface area contributed by atoms with Gasteiger partial charge >= 0.3 is 202 Å². The van der Waals surface area contributed by atoms with Crippen molar-refractivity contribution in [1.29, 1.82) is 0 Å². The van der Waals surface area contributed by atoms with Crippen LogP contribution in [0.2, 0.25) is 0 Å². The summed E-state index contributed by atoms with van der Waals surface area (Å²) in [5.41, 5.74) is 2.56. The molecule has 0 heterocycles. The molecule has 0 aliphatic heterocycles. The van der Waals surface area contributed by atoms with E-state index < -0.39 is 0 Å². The van der Waals surface area contributed by atoms with Crippen LogP contribution in [0.25, 0.3) is 0 Å². The number of hydrogen-bond acceptors (Lipinski definition) is 2. The Bertz CT molecular complexity index is 1050. The van der Waals surface area contributed by atoms with Gasteiger partial charge < -0.3 is 0 Å². The van der Waals surface area contributed by atoms with Crippen LogP contribution in [0, 0.1) is 0 Å². The molecule has 0 amide bonds. The van der Waals surface area contributed by atoms with Crippen LogP contribution in [0.4, 0.5) is 0 Å². The third-order valence-electron chi connectivity index (χ3n) is 5.08. The summed E-state index contributed by atoms with van der Waals surface area (Å²) < 4.78 is 14.2. The summed E-state index contributed by atoms with van der Waals surface area (Å²) in [6.07, 6.45) is 1.02. The first kappa shape index (κ1) is 21.8. The van der Waals surface area contributed by atoms with E-state index >= 15 is 0 Å². The van der Waals surface area contributed by atoms with Crippen LogP contribution in [0.5, 0.6) is 23.0 Å². The Kier molecular flexibility index (Phi) is 7.23. The summed E-state index contributed by atoms with van der Waals surface area (Å²) in [5, 5.41) is 0. The summed E-state index contributed by atoms with van der Waals surface area (Å²) in [5.74, 6) is 3.72. The van der Waals surface area contributed by atoms with Gasteiger partial charge in [-0.15, -0.1) is 0 Å². The van der Waals surface area contributed by atoms with Gasteiger partial charge in [-0.3, -0.25) is 0 Å². The molecule has 0 spiro atoms. The summed E-state index contributed by atoms with van der Waals surface area (Å²) in [7, 11) is 0. The monoisotopic (exact) mass is 528 g/mol. The van der Waals surface area contributed by atoms with Gasteiger partial charge in [0.15, 0.2) is 0 Å². The van der Waals surface area contributed by atoms with Crippen molar-refractivity contribution in [2.24, 2.45) is 0 Å². The van der Waals surface area contributed by atoms with Gasteiger partial charge in [0.25, 0.3) is 0 Å². The molecule has 4 aromatic carbocycles. The van der Waals surface area contributed by atoms with Crippen molar-refractivity contribution in [2.75, 3.05) is 0 Å².